The number of hydrogen-bond acceptors (Lipinski definition) is 30. The minimum absolute atomic E-state index is 0.136. The van der Waals surface area contributed by atoms with Crippen LogP contribution in [0.15, 0.2) is 12.2 Å². The van der Waals surface area contributed by atoms with Crippen molar-refractivity contribution in [2.75, 3.05) is 39.6 Å². The van der Waals surface area contributed by atoms with Gasteiger partial charge in [0.25, 0.3) is 5.79 Å². The van der Waals surface area contributed by atoms with Gasteiger partial charge in [-0.1, -0.05) is 154 Å². The third kappa shape index (κ3) is 27.1. The maximum Gasteiger partial charge on any atom is 0.364 e. The maximum absolute atomic E-state index is 13.8. The van der Waals surface area contributed by atoms with Gasteiger partial charge in [-0.25, -0.2) is 4.79 Å². The van der Waals surface area contributed by atoms with E-state index in [0.29, 0.717) is 12.8 Å². The Morgan fingerprint density at radius 2 is 1.01 bits per heavy atom. The lowest BCUT2D eigenvalue weighted by atomic mass is 9.86. The van der Waals surface area contributed by atoms with Crippen LogP contribution < -0.4 is 10.6 Å². The molecule has 5 heterocycles. The van der Waals surface area contributed by atoms with Crippen molar-refractivity contribution < 1.29 is 153 Å². The number of aliphatic carboxylic acids is 1. The van der Waals surface area contributed by atoms with Crippen molar-refractivity contribution in [1.29, 1.82) is 0 Å². The monoisotopic (exact) mass is 1490 g/mol. The summed E-state index contributed by atoms with van der Waals surface area (Å²) in [5.74, 6) is -9.08. The van der Waals surface area contributed by atoms with Crippen LogP contribution in [0.3, 0.4) is 0 Å². The molecule has 0 bridgehead atoms. The number of ketones is 1. The largest absolute Gasteiger partial charge is 0.477 e. The Hall–Kier alpha value is -3.22. The topological polar surface area (TPSA) is 529 Å². The molecule has 0 aromatic rings. The molecule has 0 aromatic heterocycles. The van der Waals surface area contributed by atoms with Gasteiger partial charge < -0.3 is 150 Å². The number of aliphatic hydroxyl groups is 16. The van der Waals surface area contributed by atoms with Gasteiger partial charge in [0.05, 0.1) is 70.0 Å². The van der Waals surface area contributed by atoms with Crippen molar-refractivity contribution in [3.63, 3.8) is 0 Å². The van der Waals surface area contributed by atoms with Crippen LogP contribution in [0.25, 0.3) is 0 Å². The zero-order valence-corrected chi connectivity index (χ0v) is 60.2. The van der Waals surface area contributed by atoms with Crippen LogP contribution in [-0.2, 0) is 66.5 Å². The minimum Gasteiger partial charge on any atom is -0.477 e. The number of carboxylic acid groups (broad SMARTS) is 1. The molecule has 103 heavy (non-hydrogen) atoms. The zero-order chi connectivity index (χ0) is 75.9. The van der Waals surface area contributed by atoms with Crippen molar-refractivity contribution in [1.82, 2.24) is 10.6 Å². The van der Waals surface area contributed by atoms with Gasteiger partial charge in [0.15, 0.2) is 25.2 Å². The summed E-state index contributed by atoms with van der Waals surface area (Å²) in [4.78, 5) is 53.0. The summed E-state index contributed by atoms with van der Waals surface area (Å²) < 4.78 is 60.3. The van der Waals surface area contributed by atoms with Gasteiger partial charge in [-0.3, -0.25) is 9.59 Å². The van der Waals surface area contributed by atoms with Crippen LogP contribution in [0.4, 0.5) is 0 Å². The first-order chi connectivity index (χ1) is 49.3. The molecular formula is C70H124N2O31. The quantitative estimate of drug-likeness (QED) is 0.0243. The third-order valence-electron chi connectivity index (χ3n) is 19.9. The number of amides is 2. The van der Waals surface area contributed by atoms with Crippen molar-refractivity contribution in [3.05, 3.63) is 12.2 Å². The van der Waals surface area contributed by atoms with E-state index in [1.54, 1.807) is 0 Å². The molecule has 5 fully saturated rings. The minimum atomic E-state index is -3.36. The fourth-order valence-corrected chi connectivity index (χ4v) is 13.9. The Morgan fingerprint density at radius 3 is 1.54 bits per heavy atom. The van der Waals surface area contributed by atoms with Gasteiger partial charge in [0.2, 0.25) is 11.8 Å². The van der Waals surface area contributed by atoms with Crippen LogP contribution in [0, 0.1) is 5.92 Å². The molecule has 19 N–H and O–H groups in total. The summed E-state index contributed by atoms with van der Waals surface area (Å²) in [5, 5.41) is 194. The number of nitrogens with one attached hydrogen (secondary N) is 2. The van der Waals surface area contributed by atoms with E-state index in [-0.39, 0.29) is 12.3 Å². The lowest BCUT2D eigenvalue weighted by Crippen LogP contribution is -2.71. The van der Waals surface area contributed by atoms with Crippen LogP contribution in [0.5, 0.6) is 0 Å². The summed E-state index contributed by atoms with van der Waals surface area (Å²) in [7, 11) is 0. The smallest absolute Gasteiger partial charge is 0.364 e. The number of Topliss-reactive ketones (excluding diaryl/α,β-unsaturated/α-hetero) is 1. The van der Waals surface area contributed by atoms with Gasteiger partial charge >= 0.3 is 5.97 Å². The molecule has 1 unspecified atom stereocenters. The number of carboxylic acids is 1. The van der Waals surface area contributed by atoms with E-state index in [4.69, 9.17) is 47.4 Å². The summed E-state index contributed by atoms with van der Waals surface area (Å²) in [6, 6.07) is -2.89. The predicted molar refractivity (Wildman–Crippen MR) is 361 cm³/mol. The first kappa shape index (κ1) is 90.4. The van der Waals surface area contributed by atoms with E-state index in [9.17, 15) is 106 Å². The number of carbonyl (C=O) groups is 4. The van der Waals surface area contributed by atoms with Crippen molar-refractivity contribution >= 4 is 23.6 Å². The molecule has 0 aliphatic carbocycles. The van der Waals surface area contributed by atoms with E-state index >= 15 is 0 Å². The number of unbranched alkanes of at least 4 members (excludes halogenated alkanes) is 21. The second-order valence-electron chi connectivity index (χ2n) is 28.2. The number of hydrogen-bond donors (Lipinski definition) is 19. The SMILES string of the molecule is CCCCCCCCCCCCC/C=C/[C@@H](O)[C@H](CO[C@@H]1O[C@H](CO)[C@@H](O[C@@H]2O[C@H](CO)[C@H](O[C@@H]3O[C@H](CO)[C@H](O)[C@H](O[C@@H]4O[C@H](CO)[C@H](O)[C@H](O)[C@H]4O)[C@H]3CC(C)=O)[C@H](O[C@]3(C(=O)O)C[C@H](O)[C@@H](NC(C)=O)C([C@H](O)[C@H](O)CO)O3)[C@H]2O)[C@H](O)[C@H]1O)NC(=O)CCCCCCCCCCCCC. The van der Waals surface area contributed by atoms with Crippen LogP contribution in [0.1, 0.15) is 195 Å². The normalized spacial score (nSPS) is 35.5. The molecule has 33 nitrogen and oxygen atoms in total. The van der Waals surface area contributed by atoms with Gasteiger partial charge in [-0.05, 0) is 26.2 Å². The average Bonchev–Trinajstić information content (AvgIpc) is 0.747. The second kappa shape index (κ2) is 47.0. The molecular weight excluding hydrogens is 1360 g/mol. The molecule has 0 aromatic carbocycles. The molecule has 600 valence electrons. The Bertz CT molecular complexity index is 2420. The van der Waals surface area contributed by atoms with E-state index < -0.39 is 241 Å². The van der Waals surface area contributed by atoms with Crippen molar-refractivity contribution in [3.8, 4) is 0 Å². The summed E-state index contributed by atoms with van der Waals surface area (Å²) >= 11 is 0. The van der Waals surface area contributed by atoms with E-state index in [0.717, 1.165) is 71.6 Å². The average molecular weight is 1490 g/mol. The fraction of sp³-hybridized carbons (Fsp3) is 0.914. The molecule has 33 heteroatoms. The highest BCUT2D eigenvalue weighted by Gasteiger charge is 2.62. The van der Waals surface area contributed by atoms with E-state index in [2.05, 4.69) is 24.5 Å². The van der Waals surface area contributed by atoms with Crippen molar-refractivity contribution in [2.45, 2.75) is 360 Å². The molecule has 5 aliphatic rings. The standard InChI is InChI=1S/C70H124N2O31/c1-5-7-9-11-13-15-17-18-20-21-23-25-27-29-43(80)42(72-50(83)30-28-26-24-22-19-16-14-12-10-8-6-2)38-94-66-58(90)56(88)61(48(36-76)97-66)100-68-59(91)64(103-70(69(92)93)32-44(81)51(71-40(4)79)63(102-70)52(84)45(82)33-73)62(49(37-77)98-68)101-65-41(31-39(3)78)60(54(86)47(35-75)95-65)99-67-57(89)55(87)53(85)46(34-74)96-67/h27,29,41-49,51-68,73-77,80-82,84-91H,5-26,28,30-38H2,1-4H3,(H,71,79)(H,72,83)(H,92,93)/b29-27+/t41-,42+,43-,44+,45-,46-,47-,48-,49-,51-,52-,53+,54+,55+,56-,57-,58-,59-,60-,61-,62+,63?,64-,65+,66-,67+,68+,70+/m1/s1. The summed E-state index contributed by atoms with van der Waals surface area (Å²) in [6.07, 6.45) is -22.1. The zero-order valence-electron chi connectivity index (χ0n) is 60.2. The maximum atomic E-state index is 13.8. The Balaban J connectivity index is 1.43. The number of allylic oxidation sites excluding steroid dienone is 1. The molecule has 0 saturated carbocycles. The van der Waals surface area contributed by atoms with Crippen LogP contribution in [0.2, 0.25) is 0 Å². The lowest BCUT2D eigenvalue weighted by molar-refractivity contribution is -0.406. The number of rotatable bonds is 49. The molecule has 28 atom stereocenters. The predicted octanol–water partition coefficient (Wildman–Crippen LogP) is -1.51. The first-order valence-electron chi connectivity index (χ1n) is 37.3. The Morgan fingerprint density at radius 1 is 0.534 bits per heavy atom. The Labute approximate surface area is 603 Å². The lowest BCUT2D eigenvalue weighted by Gasteiger charge is -2.52. The Kier molecular flexibility index (Phi) is 41.2. The highest BCUT2D eigenvalue weighted by atomic mass is 16.8. The number of ether oxygens (including phenoxy) is 10. The molecule has 0 radical (unpaired) electrons. The van der Waals surface area contributed by atoms with E-state index in [1.165, 1.54) is 83.1 Å². The highest BCUT2D eigenvalue weighted by molar-refractivity contribution is 5.77. The van der Waals surface area contributed by atoms with Crippen LogP contribution >= 0.6 is 0 Å². The van der Waals surface area contributed by atoms with E-state index in [1.807, 2.05) is 6.08 Å². The van der Waals surface area contributed by atoms with Gasteiger partial charge in [0.1, 0.15) is 110 Å². The number of aliphatic hydroxyl groups excluding tert-OH is 16. The molecule has 5 aliphatic heterocycles. The van der Waals surface area contributed by atoms with Gasteiger partial charge in [0, 0.05) is 32.1 Å². The molecule has 5 rings (SSSR count). The first-order valence-corrected chi connectivity index (χ1v) is 37.3. The molecule has 0 spiro atoms. The van der Waals surface area contributed by atoms with Gasteiger partial charge in [-0.15, -0.1) is 0 Å². The van der Waals surface area contributed by atoms with Crippen LogP contribution in [-0.4, -0.2) is 315 Å². The summed E-state index contributed by atoms with van der Waals surface area (Å²) in [6.45, 7) is 0.474. The molecule has 5 saturated heterocycles. The number of carbonyl (C=O) groups excluding carboxylic acids is 3. The fourth-order valence-electron chi connectivity index (χ4n) is 13.9. The van der Waals surface area contributed by atoms with Crippen molar-refractivity contribution in [2.24, 2.45) is 5.92 Å². The second-order valence-corrected chi connectivity index (χ2v) is 28.2. The third-order valence-corrected chi connectivity index (χ3v) is 19.9. The highest BCUT2D eigenvalue weighted by Crippen LogP contribution is 2.42. The molecule has 2 amide bonds. The summed E-state index contributed by atoms with van der Waals surface area (Å²) in [5.41, 5.74) is 0. The van der Waals surface area contributed by atoms with Gasteiger partial charge in [-0.2, -0.15) is 0 Å².